The van der Waals surface area contributed by atoms with Crippen LogP contribution < -0.4 is 20.7 Å². The average molecular weight is 1600 g/mol. The van der Waals surface area contributed by atoms with Gasteiger partial charge < -0.3 is 0 Å². The van der Waals surface area contributed by atoms with Crippen LogP contribution in [0, 0.1) is 0 Å². The van der Waals surface area contributed by atoms with Gasteiger partial charge in [-0.25, -0.2) is 0 Å². The second-order valence-electron chi connectivity index (χ2n) is 30.7. The Labute approximate surface area is 710 Å². The second kappa shape index (κ2) is 31.0. The van der Waals surface area contributed by atoms with Crippen molar-refractivity contribution in [2.45, 2.75) is 39.2 Å². The maximum Gasteiger partial charge on any atom is 0.179 e. The lowest BCUT2D eigenvalue weighted by Crippen LogP contribution is -2.74. The highest BCUT2D eigenvalue weighted by atomic mass is 32.2. The largest absolute Gasteiger partial charge is 0.179 e. The summed E-state index contributed by atoms with van der Waals surface area (Å²) in [5, 5.41) is 29.1. The van der Waals surface area contributed by atoms with Gasteiger partial charge in [0.05, 0.1) is 0 Å². The number of rotatable bonds is 9. The molecule has 0 atom stereocenters. The highest BCUT2D eigenvalue weighted by Gasteiger charge is 2.41. The molecule has 2 heterocycles. The molecule has 0 unspecified atom stereocenters. The van der Waals surface area contributed by atoms with Crippen molar-refractivity contribution < 1.29 is 0 Å². The first-order valence-corrected chi connectivity index (χ1v) is 45.9. The van der Waals surface area contributed by atoms with Crippen molar-refractivity contribution in [3.05, 3.63) is 449 Å². The van der Waals surface area contributed by atoms with Gasteiger partial charge in [-0.05, 0) is 246 Å². The third kappa shape index (κ3) is 13.1. The van der Waals surface area contributed by atoms with Crippen LogP contribution in [0.25, 0.3) is 153 Å². The van der Waals surface area contributed by atoms with Crippen LogP contribution in [0.4, 0.5) is 0 Å². The van der Waals surface area contributed by atoms with E-state index in [4.69, 9.17) is 0 Å². The first-order valence-electron chi connectivity index (χ1n) is 40.6. The van der Waals surface area contributed by atoms with Crippen LogP contribution in [0.2, 0.25) is 0 Å². The summed E-state index contributed by atoms with van der Waals surface area (Å²) in [7, 11) is -2.56. The van der Waals surface area contributed by atoms with Crippen LogP contribution in [0.5, 0.6) is 0 Å². The smallest absolute Gasteiger partial charge is 0.0877 e. The first kappa shape index (κ1) is 72.3. The molecule has 0 N–H and O–H groups in total. The van der Waals surface area contributed by atoms with E-state index in [0.29, 0.717) is 0 Å². The minimum absolute atomic E-state index is 1.22. The highest BCUT2D eigenvalue weighted by Crippen LogP contribution is 2.53. The van der Waals surface area contributed by atoms with E-state index in [0.717, 1.165) is 0 Å². The van der Waals surface area contributed by atoms with Gasteiger partial charge in [0.25, 0.3) is 0 Å². The van der Waals surface area contributed by atoms with Gasteiger partial charge >= 0.3 is 0 Å². The van der Waals surface area contributed by atoms with Crippen molar-refractivity contribution in [1.82, 2.24) is 0 Å². The van der Waals surface area contributed by atoms with E-state index in [9.17, 15) is 0 Å². The standard InChI is InChI=1S/C48H34Si.C36H22S2.C30H18S2/c1-4-17-39(18-5-1)49(40-19-6-2-7-20-40,41-21-8-3-9-22-41)42-30-27-35(28-31-42)36-15-14-16-37(33-36)38-29-32-47-45-25-11-10-23-43(45)44-24-12-13-26-46(44)48(47)34-38;1-2-12-29-27(10-1)28-11-3-4-13-30(28)32-21-25(16-18-31(29)32)23-8-7-9-24(20-23)26-17-19-35-36(22-26)38-34-15-6-5-14-33(34)37-35;1-2-10-23-21(8-1)22-9-3-4-11-24(22)26-18-19(16-17-25(23)26)20-12-7-15-29-30(20)32-28-14-6-5-13-27(28)31-29/h1-34H;1-22H;1-18H. The Morgan fingerprint density at radius 1 is 0.126 bits per heavy atom. The molecule has 22 aromatic carbocycles. The molecule has 0 spiro atoms. The summed E-state index contributed by atoms with van der Waals surface area (Å²) in [6, 6.07) is 165. The molecule has 0 radical (unpaired) electrons. The molecule has 0 aliphatic carbocycles. The normalized spacial score (nSPS) is 12.2. The van der Waals surface area contributed by atoms with Crippen LogP contribution in [0.1, 0.15) is 0 Å². The molecule has 0 amide bonds. The lowest BCUT2D eigenvalue weighted by molar-refractivity contribution is 1.16. The SMILES string of the molecule is c1cc(-c2ccc3c(c2)Sc2ccccc2S3)cc(-c2ccc3c4ccccc4c4ccccc4c3c2)c1.c1ccc([Si](c2ccccc2)(c2ccccc2)c2ccc(-c3cccc(-c4ccc5c6ccccc6c6ccccc6c5c4)c3)cc2)cc1.c1ccc2c(c1)Sc1cccc(-c3ccc4c5ccccc5c5ccccc5c4c3)c1S2. The molecule has 558 valence electrons. The zero-order valence-electron chi connectivity index (χ0n) is 64.9. The minimum atomic E-state index is -2.56. The monoisotopic (exact) mass is 1600 g/mol. The fourth-order valence-corrected chi connectivity index (χ4v) is 27.9. The number of hydrogen-bond donors (Lipinski definition) is 0. The molecular weight excluding hydrogens is 1530 g/mol. The van der Waals surface area contributed by atoms with E-state index in [1.54, 1.807) is 0 Å². The van der Waals surface area contributed by atoms with Crippen LogP contribution in [-0.4, -0.2) is 8.07 Å². The zero-order chi connectivity index (χ0) is 78.7. The molecule has 0 saturated carbocycles. The van der Waals surface area contributed by atoms with Gasteiger partial charge in [0.1, 0.15) is 0 Å². The van der Waals surface area contributed by atoms with E-state index < -0.39 is 8.07 Å². The molecule has 5 heteroatoms. The topological polar surface area (TPSA) is 0 Å². The Hall–Kier alpha value is -13.2. The maximum absolute atomic E-state index is 2.56. The molecule has 2 aliphatic rings. The quantitative estimate of drug-likeness (QED) is 0.0802. The van der Waals surface area contributed by atoms with Crippen molar-refractivity contribution in [2.75, 3.05) is 0 Å². The molecule has 22 aromatic rings. The summed E-state index contributed by atoms with van der Waals surface area (Å²) in [6.45, 7) is 0. The third-order valence-electron chi connectivity index (χ3n) is 24.0. The highest BCUT2D eigenvalue weighted by molar-refractivity contribution is 8.05. The lowest BCUT2D eigenvalue weighted by Gasteiger charge is -2.34. The van der Waals surface area contributed by atoms with Crippen molar-refractivity contribution in [1.29, 1.82) is 0 Å². The molecule has 0 aromatic heterocycles. The molecule has 0 nitrogen and oxygen atoms in total. The second-order valence-corrected chi connectivity index (χ2v) is 38.9. The van der Waals surface area contributed by atoms with Gasteiger partial charge in [-0.2, -0.15) is 0 Å². The minimum Gasteiger partial charge on any atom is -0.0877 e. The van der Waals surface area contributed by atoms with Gasteiger partial charge in [0.15, 0.2) is 8.07 Å². The van der Waals surface area contributed by atoms with Crippen LogP contribution in [0.3, 0.4) is 0 Å². The molecule has 119 heavy (non-hydrogen) atoms. The predicted molar refractivity (Wildman–Crippen MR) is 517 cm³/mol. The first-order chi connectivity index (χ1) is 59.0. The maximum atomic E-state index is 2.39. The van der Waals surface area contributed by atoms with E-state index in [2.05, 4.69) is 449 Å². The summed E-state index contributed by atoms with van der Waals surface area (Å²) < 4.78 is 0. The van der Waals surface area contributed by atoms with E-state index >= 15 is 0 Å². The van der Waals surface area contributed by atoms with Crippen molar-refractivity contribution in [3.8, 4) is 55.6 Å². The van der Waals surface area contributed by atoms with Crippen molar-refractivity contribution in [2.24, 2.45) is 0 Å². The number of hydrogen-bond acceptors (Lipinski definition) is 4. The number of benzene rings is 22. The Bertz CT molecular complexity index is 7530. The van der Waals surface area contributed by atoms with Crippen molar-refractivity contribution in [3.63, 3.8) is 0 Å². The van der Waals surface area contributed by atoms with Crippen LogP contribution in [0.15, 0.2) is 488 Å². The van der Waals surface area contributed by atoms with E-state index in [-0.39, 0.29) is 0 Å². The Balaban J connectivity index is 0.000000110. The van der Waals surface area contributed by atoms with E-state index in [1.807, 2.05) is 47.0 Å². The predicted octanol–water partition coefficient (Wildman–Crippen LogP) is 30.4. The fraction of sp³-hybridized carbons (Fsp3) is 0. The van der Waals surface area contributed by atoms with Crippen LogP contribution >= 0.6 is 47.0 Å². The summed E-state index contributed by atoms with van der Waals surface area (Å²) in [5.41, 5.74) is 12.5. The fourth-order valence-electron chi connectivity index (χ4n) is 18.5. The molecule has 0 fully saturated rings. The molecule has 24 rings (SSSR count). The third-order valence-corrected chi connectivity index (χ3v) is 34.0. The Morgan fingerprint density at radius 3 is 0.765 bits per heavy atom. The van der Waals surface area contributed by atoms with Gasteiger partial charge in [-0.3, -0.25) is 0 Å². The van der Waals surface area contributed by atoms with Gasteiger partial charge in [-0.15, -0.1) is 0 Å². The zero-order valence-corrected chi connectivity index (χ0v) is 69.1. The molecule has 0 saturated heterocycles. The summed E-state index contributed by atoms with van der Waals surface area (Å²) in [4.78, 5) is 10.7. The van der Waals surface area contributed by atoms with Gasteiger partial charge in [-0.1, -0.05) is 423 Å². The van der Waals surface area contributed by atoms with E-state index in [1.165, 1.54) is 212 Å². The Kier molecular flexibility index (Phi) is 18.8. The average Bonchev–Trinajstić information content (AvgIpc) is 0.747. The summed E-state index contributed by atoms with van der Waals surface area (Å²) in [5.74, 6) is 0. The van der Waals surface area contributed by atoms with Gasteiger partial charge in [0, 0.05) is 39.2 Å². The molecule has 2 aliphatic heterocycles. The lowest BCUT2D eigenvalue weighted by atomic mass is 9.91. The van der Waals surface area contributed by atoms with Gasteiger partial charge in [0.2, 0.25) is 0 Å². The molecule has 0 bridgehead atoms. The Morgan fingerprint density at radius 2 is 0.370 bits per heavy atom. The summed E-state index contributed by atoms with van der Waals surface area (Å²) >= 11 is 7.52. The molecular formula is C114H74S4Si. The summed E-state index contributed by atoms with van der Waals surface area (Å²) in [6.07, 6.45) is 0. The number of fused-ring (bicyclic) bond motifs is 22. The van der Waals surface area contributed by atoms with Crippen LogP contribution in [-0.2, 0) is 0 Å². The van der Waals surface area contributed by atoms with Crippen molar-refractivity contribution >= 4 is 173 Å².